The Balaban J connectivity index is 1.64. The molecule has 1 N–H and O–H groups in total. The topological polar surface area (TPSA) is 53.0 Å². The molecule has 1 saturated carbocycles. The second-order valence-electron chi connectivity index (χ2n) is 8.28. The predicted molar refractivity (Wildman–Crippen MR) is 99.0 cm³/mol. The Hall–Kier alpha value is -1.91. The van der Waals surface area contributed by atoms with E-state index in [-0.39, 0.29) is 6.09 Å². The molecule has 1 aromatic rings. The molecule has 0 unspecified atom stereocenters. The summed E-state index contributed by atoms with van der Waals surface area (Å²) in [7, 11) is 0. The van der Waals surface area contributed by atoms with E-state index >= 15 is 0 Å². The van der Waals surface area contributed by atoms with Gasteiger partial charge < -0.3 is 19.6 Å². The Bertz CT molecular complexity index is 599. The van der Waals surface area contributed by atoms with E-state index in [2.05, 4.69) is 4.90 Å². The van der Waals surface area contributed by atoms with Crippen LogP contribution in [0.2, 0.25) is 0 Å². The molecule has 1 aromatic carbocycles. The summed E-state index contributed by atoms with van der Waals surface area (Å²) in [5.74, 6) is 1.08. The molecule has 5 heteroatoms. The lowest BCUT2D eigenvalue weighted by atomic mass is 10.0. The molecule has 2 aliphatic rings. The third kappa shape index (κ3) is 4.80. The number of hydrogen-bond donors (Lipinski definition) is 1. The molecule has 0 spiro atoms. The van der Waals surface area contributed by atoms with Gasteiger partial charge in [-0.15, -0.1) is 0 Å². The van der Waals surface area contributed by atoms with Crippen molar-refractivity contribution in [1.82, 2.24) is 4.90 Å². The number of amides is 1. The number of likely N-dealkylation sites (tertiary alicyclic amines) is 1. The number of benzene rings is 1. The fraction of sp³-hybridized carbons (Fsp3) is 0.650. The normalized spacial score (nSPS) is 18.9. The van der Waals surface area contributed by atoms with Crippen LogP contribution in [0.3, 0.4) is 0 Å². The van der Waals surface area contributed by atoms with Crippen LogP contribution in [0.1, 0.15) is 46.5 Å². The molecule has 138 valence electrons. The average molecular weight is 346 g/mol. The fourth-order valence-electron chi connectivity index (χ4n) is 3.42. The average Bonchev–Trinajstić information content (AvgIpc) is 3.36. The predicted octanol–water partition coefficient (Wildman–Crippen LogP) is 4.01. The Morgan fingerprint density at radius 2 is 1.84 bits per heavy atom. The van der Waals surface area contributed by atoms with Crippen molar-refractivity contribution in [3.63, 3.8) is 0 Å². The molecule has 25 heavy (non-hydrogen) atoms. The highest BCUT2D eigenvalue weighted by atomic mass is 16.6. The van der Waals surface area contributed by atoms with Gasteiger partial charge in [0.15, 0.2) is 0 Å². The van der Waals surface area contributed by atoms with Crippen LogP contribution in [0.15, 0.2) is 24.3 Å². The first kappa shape index (κ1) is 17.9. The third-order valence-electron chi connectivity index (χ3n) is 4.90. The summed E-state index contributed by atoms with van der Waals surface area (Å²) >= 11 is 0. The van der Waals surface area contributed by atoms with Crippen LogP contribution in [-0.2, 0) is 4.74 Å². The number of rotatable bonds is 4. The van der Waals surface area contributed by atoms with Gasteiger partial charge in [-0.3, -0.25) is 0 Å². The van der Waals surface area contributed by atoms with Crippen LogP contribution in [0, 0.1) is 5.92 Å². The van der Waals surface area contributed by atoms with E-state index in [1.54, 1.807) is 6.07 Å². The summed E-state index contributed by atoms with van der Waals surface area (Å²) < 4.78 is 5.48. The minimum absolute atomic E-state index is 0.220. The van der Waals surface area contributed by atoms with E-state index in [1.807, 2.05) is 43.9 Å². The number of piperidine rings is 1. The van der Waals surface area contributed by atoms with Crippen LogP contribution >= 0.6 is 0 Å². The highest BCUT2D eigenvalue weighted by molar-refractivity contribution is 5.68. The van der Waals surface area contributed by atoms with Crippen molar-refractivity contribution in [2.75, 3.05) is 24.5 Å². The molecule has 1 amide bonds. The summed E-state index contributed by atoms with van der Waals surface area (Å²) in [5, 5.41) is 10.3. The number of carbonyl (C=O) groups is 1. The zero-order chi connectivity index (χ0) is 18.0. The molecule has 2 fully saturated rings. The van der Waals surface area contributed by atoms with E-state index in [0.717, 1.165) is 31.0 Å². The first-order chi connectivity index (χ1) is 11.8. The summed E-state index contributed by atoms with van der Waals surface area (Å²) in [5.41, 5.74) is 0.465. The molecule has 1 aliphatic heterocycles. The largest absolute Gasteiger partial charge is 0.506 e. The van der Waals surface area contributed by atoms with Crippen molar-refractivity contribution < 1.29 is 14.6 Å². The molecular weight excluding hydrogens is 316 g/mol. The van der Waals surface area contributed by atoms with E-state index < -0.39 is 5.60 Å². The van der Waals surface area contributed by atoms with E-state index in [0.29, 0.717) is 24.9 Å². The van der Waals surface area contributed by atoms with Crippen molar-refractivity contribution in [2.24, 2.45) is 5.92 Å². The Labute approximate surface area is 150 Å². The van der Waals surface area contributed by atoms with Gasteiger partial charge in [0.05, 0.1) is 5.69 Å². The number of nitrogens with zero attached hydrogens (tertiary/aromatic N) is 2. The summed E-state index contributed by atoms with van der Waals surface area (Å²) in [6, 6.07) is 7.94. The third-order valence-corrected chi connectivity index (χ3v) is 4.90. The summed E-state index contributed by atoms with van der Waals surface area (Å²) in [4.78, 5) is 16.4. The molecule has 1 aliphatic carbocycles. The Morgan fingerprint density at radius 1 is 1.20 bits per heavy atom. The molecule has 0 atom stereocenters. The van der Waals surface area contributed by atoms with Gasteiger partial charge in [0.25, 0.3) is 0 Å². The number of ether oxygens (including phenoxy) is 1. The van der Waals surface area contributed by atoms with Crippen LogP contribution < -0.4 is 4.90 Å². The van der Waals surface area contributed by atoms with Crippen molar-refractivity contribution in [3.05, 3.63) is 24.3 Å². The number of aromatic hydroxyl groups is 1. The van der Waals surface area contributed by atoms with Crippen molar-refractivity contribution in [2.45, 2.75) is 58.1 Å². The maximum Gasteiger partial charge on any atom is 0.410 e. The lowest BCUT2D eigenvalue weighted by molar-refractivity contribution is 0.0204. The van der Waals surface area contributed by atoms with Crippen LogP contribution in [0.5, 0.6) is 5.75 Å². The van der Waals surface area contributed by atoms with Crippen molar-refractivity contribution in [1.29, 1.82) is 0 Å². The van der Waals surface area contributed by atoms with Crippen LogP contribution in [-0.4, -0.2) is 47.4 Å². The maximum absolute atomic E-state index is 12.3. The smallest absolute Gasteiger partial charge is 0.410 e. The number of phenolic OH excluding ortho intramolecular Hbond substituents is 1. The quantitative estimate of drug-likeness (QED) is 0.895. The summed E-state index contributed by atoms with van der Waals surface area (Å²) in [6.45, 7) is 8.09. The van der Waals surface area contributed by atoms with E-state index in [9.17, 15) is 9.90 Å². The standard InChI is InChI=1S/C20H30N2O3/c1-20(2,3)25-19(24)21-12-10-16(11-13-21)22(14-15-8-9-15)17-6-4-5-7-18(17)23/h4-7,15-16,23H,8-14H2,1-3H3. The van der Waals surface area contributed by atoms with Gasteiger partial charge in [-0.2, -0.15) is 0 Å². The summed E-state index contributed by atoms with van der Waals surface area (Å²) in [6.07, 6.45) is 4.14. The molecule has 0 aromatic heterocycles. The number of para-hydroxylation sites is 2. The monoisotopic (exact) mass is 346 g/mol. The lowest BCUT2D eigenvalue weighted by Gasteiger charge is -2.40. The molecule has 1 saturated heterocycles. The van der Waals surface area contributed by atoms with Crippen molar-refractivity contribution in [3.8, 4) is 5.75 Å². The Kier molecular flexibility index (Phi) is 5.11. The first-order valence-electron chi connectivity index (χ1n) is 9.36. The van der Waals surface area contributed by atoms with Crippen LogP contribution in [0.4, 0.5) is 10.5 Å². The minimum Gasteiger partial charge on any atom is -0.506 e. The maximum atomic E-state index is 12.3. The van der Waals surface area contributed by atoms with Gasteiger partial charge in [-0.1, -0.05) is 12.1 Å². The SMILES string of the molecule is CC(C)(C)OC(=O)N1CCC(N(CC2CC2)c2ccccc2O)CC1. The van der Waals surface area contributed by atoms with Gasteiger partial charge in [0.1, 0.15) is 11.4 Å². The molecule has 3 rings (SSSR count). The van der Waals surface area contributed by atoms with Gasteiger partial charge >= 0.3 is 6.09 Å². The molecule has 0 bridgehead atoms. The van der Waals surface area contributed by atoms with Crippen LogP contribution in [0.25, 0.3) is 0 Å². The van der Waals surface area contributed by atoms with E-state index in [1.165, 1.54) is 12.8 Å². The zero-order valence-corrected chi connectivity index (χ0v) is 15.6. The van der Waals surface area contributed by atoms with Gasteiger partial charge in [-0.05, 0) is 64.5 Å². The fourth-order valence-corrected chi connectivity index (χ4v) is 3.42. The van der Waals surface area contributed by atoms with Gasteiger partial charge in [0.2, 0.25) is 0 Å². The second-order valence-corrected chi connectivity index (χ2v) is 8.28. The second kappa shape index (κ2) is 7.14. The zero-order valence-electron chi connectivity index (χ0n) is 15.6. The highest BCUT2D eigenvalue weighted by Crippen LogP contribution is 2.37. The number of carbonyl (C=O) groups excluding carboxylic acids is 1. The molecule has 5 nitrogen and oxygen atoms in total. The Morgan fingerprint density at radius 3 is 2.40 bits per heavy atom. The highest BCUT2D eigenvalue weighted by Gasteiger charge is 2.33. The minimum atomic E-state index is -0.457. The number of phenols is 1. The molecular formula is C20H30N2O3. The number of hydrogen-bond acceptors (Lipinski definition) is 4. The number of anilines is 1. The molecule has 0 radical (unpaired) electrons. The van der Waals surface area contributed by atoms with E-state index in [4.69, 9.17) is 4.74 Å². The lowest BCUT2D eigenvalue weighted by Crippen LogP contribution is -2.48. The van der Waals surface area contributed by atoms with Gasteiger partial charge in [0, 0.05) is 25.7 Å². The van der Waals surface area contributed by atoms with Crippen molar-refractivity contribution >= 4 is 11.8 Å². The van der Waals surface area contributed by atoms with Gasteiger partial charge in [-0.25, -0.2) is 4.79 Å². The first-order valence-corrected chi connectivity index (χ1v) is 9.36. The molecule has 1 heterocycles.